The van der Waals surface area contributed by atoms with Gasteiger partial charge in [0.25, 0.3) is 0 Å². The molecule has 5 atom stereocenters. The molecule has 0 aliphatic heterocycles. The quantitative estimate of drug-likeness (QED) is 0.438. The van der Waals surface area contributed by atoms with Crippen molar-refractivity contribution in [3.8, 4) is 0 Å². The number of allylic oxidation sites excluding steroid dienone is 1. The van der Waals surface area contributed by atoms with E-state index in [9.17, 15) is 19.8 Å². The number of carbonyl (C=O) groups is 2. The smallest absolute Gasteiger partial charge is 0.338 e. The van der Waals surface area contributed by atoms with Gasteiger partial charge in [0.2, 0.25) is 0 Å². The van der Waals surface area contributed by atoms with Gasteiger partial charge in [0, 0.05) is 12.3 Å². The van der Waals surface area contributed by atoms with Gasteiger partial charge in [-0.05, 0) is 63.0 Å². The number of aliphatic hydroxyl groups is 1. The van der Waals surface area contributed by atoms with E-state index < -0.39 is 23.5 Å². The summed E-state index contributed by atoms with van der Waals surface area (Å²) in [6.07, 6.45) is 5.73. The molecule has 2 saturated carbocycles. The molecule has 5 nitrogen and oxygen atoms in total. The zero-order valence-corrected chi connectivity index (χ0v) is 19.5. The average Bonchev–Trinajstić information content (AvgIpc) is 2.73. The number of carboxylic acids is 1. The van der Waals surface area contributed by atoms with E-state index in [1.807, 2.05) is 26.0 Å². The Hall–Kier alpha value is -2.40. The van der Waals surface area contributed by atoms with E-state index in [0.717, 1.165) is 36.8 Å². The Labute approximate surface area is 191 Å². The van der Waals surface area contributed by atoms with Gasteiger partial charge in [0.1, 0.15) is 6.10 Å². The molecule has 0 amide bonds. The molecular formula is C27H36O5. The predicted molar refractivity (Wildman–Crippen MR) is 124 cm³/mol. The van der Waals surface area contributed by atoms with Crippen LogP contribution in [0.2, 0.25) is 0 Å². The number of ether oxygens (including phenoxy) is 1. The number of carbonyl (C=O) groups excluding carboxylic acids is 1. The van der Waals surface area contributed by atoms with Crippen molar-refractivity contribution in [1.82, 2.24) is 0 Å². The van der Waals surface area contributed by atoms with Gasteiger partial charge in [-0.15, -0.1) is 0 Å². The first-order chi connectivity index (χ1) is 15.1. The molecule has 32 heavy (non-hydrogen) atoms. The number of benzene rings is 1. The van der Waals surface area contributed by atoms with Crippen molar-refractivity contribution in [1.29, 1.82) is 0 Å². The zero-order chi connectivity index (χ0) is 23.5. The average molecular weight is 441 g/mol. The minimum atomic E-state index is -0.969. The summed E-state index contributed by atoms with van der Waals surface area (Å²) in [5.41, 5.74) is 1.32. The lowest BCUT2D eigenvalue weighted by atomic mass is 9.45. The maximum absolute atomic E-state index is 12.9. The fourth-order valence-electron chi connectivity index (χ4n) is 6.38. The number of aliphatic hydroxyl groups excluding tert-OH is 1. The van der Waals surface area contributed by atoms with Gasteiger partial charge in [-0.25, -0.2) is 4.79 Å². The van der Waals surface area contributed by atoms with Crippen molar-refractivity contribution in [2.75, 3.05) is 6.61 Å². The Morgan fingerprint density at radius 3 is 2.53 bits per heavy atom. The molecule has 2 aliphatic carbocycles. The molecule has 0 aromatic heterocycles. The van der Waals surface area contributed by atoms with Crippen LogP contribution in [0, 0.1) is 22.7 Å². The second kappa shape index (κ2) is 9.62. The number of carboxylic acid groups (broad SMARTS) is 1. The van der Waals surface area contributed by atoms with E-state index in [1.165, 1.54) is 0 Å². The Morgan fingerprint density at radius 2 is 1.91 bits per heavy atom. The van der Waals surface area contributed by atoms with E-state index in [1.54, 1.807) is 24.3 Å². The number of hydrogen-bond acceptors (Lipinski definition) is 4. The topological polar surface area (TPSA) is 83.8 Å². The van der Waals surface area contributed by atoms with Crippen LogP contribution in [0.4, 0.5) is 0 Å². The summed E-state index contributed by atoms with van der Waals surface area (Å²) in [5, 5.41) is 19.5. The molecule has 2 fully saturated rings. The largest absolute Gasteiger partial charge is 0.481 e. The third-order valence-corrected chi connectivity index (χ3v) is 7.96. The van der Waals surface area contributed by atoms with Crippen LogP contribution in [-0.2, 0) is 9.53 Å². The van der Waals surface area contributed by atoms with E-state index in [0.29, 0.717) is 18.4 Å². The lowest BCUT2D eigenvalue weighted by Crippen LogP contribution is -2.59. The number of esters is 1. The molecule has 2 N–H and O–H groups in total. The van der Waals surface area contributed by atoms with Gasteiger partial charge in [0.15, 0.2) is 0 Å². The number of hydrogen-bond donors (Lipinski definition) is 2. The zero-order valence-electron chi connectivity index (χ0n) is 19.5. The second-order valence-corrected chi connectivity index (χ2v) is 10.1. The molecule has 3 rings (SSSR count). The maximum Gasteiger partial charge on any atom is 0.338 e. The van der Waals surface area contributed by atoms with Crippen LogP contribution >= 0.6 is 0 Å². The molecule has 174 valence electrons. The van der Waals surface area contributed by atoms with Crippen molar-refractivity contribution in [3.63, 3.8) is 0 Å². The highest BCUT2D eigenvalue weighted by atomic mass is 16.5. The second-order valence-electron chi connectivity index (χ2n) is 10.1. The summed E-state index contributed by atoms with van der Waals surface area (Å²) >= 11 is 0. The fraction of sp³-hybridized carbons (Fsp3) is 0.556. The first-order valence-electron chi connectivity index (χ1n) is 11.6. The molecule has 4 unspecified atom stereocenters. The summed E-state index contributed by atoms with van der Waals surface area (Å²) in [7, 11) is 0. The van der Waals surface area contributed by atoms with E-state index >= 15 is 0 Å². The molecule has 1 aromatic rings. The van der Waals surface area contributed by atoms with Crippen molar-refractivity contribution in [2.24, 2.45) is 22.7 Å². The summed E-state index contributed by atoms with van der Waals surface area (Å²) in [4.78, 5) is 25.4. The molecule has 2 aliphatic rings. The monoisotopic (exact) mass is 440 g/mol. The molecular weight excluding hydrogens is 404 g/mol. The summed E-state index contributed by atoms with van der Waals surface area (Å²) in [5.74, 6) is -1.40. The lowest BCUT2D eigenvalue weighted by Gasteiger charge is -2.59. The van der Waals surface area contributed by atoms with Gasteiger partial charge < -0.3 is 14.9 Å². The van der Waals surface area contributed by atoms with Crippen molar-refractivity contribution in [3.05, 3.63) is 59.7 Å². The first kappa shape index (κ1) is 24.2. The molecule has 0 spiro atoms. The fourth-order valence-corrected chi connectivity index (χ4v) is 6.38. The minimum absolute atomic E-state index is 0.0198. The summed E-state index contributed by atoms with van der Waals surface area (Å²) in [6, 6.07) is 8.86. The van der Waals surface area contributed by atoms with Gasteiger partial charge in [-0.1, -0.05) is 55.3 Å². The highest BCUT2D eigenvalue weighted by Gasteiger charge is 2.61. The highest BCUT2D eigenvalue weighted by molar-refractivity contribution is 5.89. The van der Waals surface area contributed by atoms with Gasteiger partial charge in [-0.2, -0.15) is 0 Å². The third kappa shape index (κ3) is 4.54. The van der Waals surface area contributed by atoms with Crippen LogP contribution in [0.5, 0.6) is 0 Å². The Kier molecular flexibility index (Phi) is 7.29. The summed E-state index contributed by atoms with van der Waals surface area (Å²) < 4.78 is 6.03. The van der Waals surface area contributed by atoms with Crippen LogP contribution in [0.3, 0.4) is 0 Å². The van der Waals surface area contributed by atoms with Crippen molar-refractivity contribution < 1.29 is 24.5 Å². The number of rotatable bonds is 7. The number of aliphatic carboxylic acids is 1. The van der Waals surface area contributed by atoms with Gasteiger partial charge in [0.05, 0.1) is 17.6 Å². The SMILES string of the molecule is C=C1CC(OC(=O)c2ccccc2)C2C(C)(C(=O)O)CCC[C@]2(C)C1CC/C(C)=C/CO. The Morgan fingerprint density at radius 1 is 1.22 bits per heavy atom. The molecule has 0 bridgehead atoms. The van der Waals surface area contributed by atoms with E-state index in [-0.39, 0.29) is 23.9 Å². The molecule has 0 heterocycles. The van der Waals surface area contributed by atoms with Crippen molar-refractivity contribution >= 4 is 11.9 Å². The van der Waals surface area contributed by atoms with E-state index in [4.69, 9.17) is 4.74 Å². The van der Waals surface area contributed by atoms with E-state index in [2.05, 4.69) is 13.5 Å². The molecule has 1 aromatic carbocycles. The maximum atomic E-state index is 12.9. The van der Waals surface area contributed by atoms with Crippen LogP contribution in [-0.4, -0.2) is 34.9 Å². The third-order valence-electron chi connectivity index (χ3n) is 7.96. The van der Waals surface area contributed by atoms with Crippen molar-refractivity contribution in [2.45, 2.75) is 65.4 Å². The standard InChI is InChI=1S/C27H36O5/c1-18(13-16-28)11-12-21-19(2)17-22(32-24(29)20-9-6-5-7-10-20)23-26(21,3)14-8-15-27(23,4)25(30)31/h5-7,9-10,13,21-23,28H,2,8,11-12,14-17H2,1,3-4H3,(H,30,31)/b18-13+/t21?,22?,23?,26-,27?/m1/s1. The summed E-state index contributed by atoms with van der Waals surface area (Å²) in [6.45, 7) is 10.4. The van der Waals surface area contributed by atoms with Crippen LogP contribution in [0.15, 0.2) is 54.1 Å². The van der Waals surface area contributed by atoms with Gasteiger partial charge in [-0.3, -0.25) is 4.79 Å². The molecule has 0 radical (unpaired) electrons. The Bertz CT molecular complexity index is 889. The highest BCUT2D eigenvalue weighted by Crippen LogP contribution is 2.62. The first-order valence-corrected chi connectivity index (χ1v) is 11.6. The number of fused-ring (bicyclic) bond motifs is 1. The van der Waals surface area contributed by atoms with Crippen LogP contribution in [0.1, 0.15) is 69.7 Å². The van der Waals surface area contributed by atoms with Crippen LogP contribution < -0.4 is 0 Å². The van der Waals surface area contributed by atoms with Crippen LogP contribution in [0.25, 0.3) is 0 Å². The van der Waals surface area contributed by atoms with Gasteiger partial charge >= 0.3 is 11.9 Å². The Balaban J connectivity index is 1.96. The predicted octanol–water partition coefficient (Wildman–Crippen LogP) is 5.40. The normalized spacial score (nSPS) is 32.8. The molecule has 5 heteroatoms. The minimum Gasteiger partial charge on any atom is -0.481 e. The molecule has 0 saturated heterocycles. The lowest BCUT2D eigenvalue weighted by molar-refractivity contribution is -0.177.